The summed E-state index contributed by atoms with van der Waals surface area (Å²) in [6.07, 6.45) is 0.647. The highest BCUT2D eigenvalue weighted by atomic mass is 35.5. The molecule has 0 N–H and O–H groups in total. The van der Waals surface area contributed by atoms with E-state index < -0.39 is 15.3 Å². The quantitative estimate of drug-likeness (QED) is 0.596. The topological polar surface area (TPSA) is 66.4 Å². The van der Waals surface area contributed by atoms with Crippen LogP contribution in [0.2, 0.25) is 5.02 Å². The molecule has 0 radical (unpaired) electrons. The number of aromatic nitrogens is 2. The van der Waals surface area contributed by atoms with Gasteiger partial charge in [0.15, 0.2) is 0 Å². The maximum absolute atomic E-state index is 13.1. The second kappa shape index (κ2) is 8.88. The lowest BCUT2D eigenvalue weighted by atomic mass is 10.1. The monoisotopic (exact) mass is 492 g/mol. The van der Waals surface area contributed by atoms with Crippen LogP contribution in [0.1, 0.15) is 18.3 Å². The van der Waals surface area contributed by atoms with Gasteiger partial charge in [0, 0.05) is 60.2 Å². The smallest absolute Gasteiger partial charge is 0.219 e. The molecule has 11 heteroatoms. The zero-order valence-electron chi connectivity index (χ0n) is 15.9. The summed E-state index contributed by atoms with van der Waals surface area (Å²) in [4.78, 5) is 6.80. The van der Waals surface area contributed by atoms with E-state index in [9.17, 15) is 8.42 Å². The Balaban J connectivity index is 1.41. The predicted octanol–water partition coefficient (Wildman–Crippen LogP) is 3.35. The molecule has 1 aromatic carbocycles. The number of hydrogen-bond acceptors (Lipinski definition) is 7. The fourth-order valence-electron chi connectivity index (χ4n) is 3.68. The van der Waals surface area contributed by atoms with Crippen molar-refractivity contribution in [3.63, 3.8) is 0 Å². The molecule has 3 unspecified atom stereocenters. The zero-order chi connectivity index (χ0) is 20.6. The highest BCUT2D eigenvalue weighted by molar-refractivity contribution is 8.01. The highest BCUT2D eigenvalue weighted by Gasteiger charge is 2.43. The molecule has 1 aromatic heterocycles. The number of anilines is 1. The van der Waals surface area contributed by atoms with Crippen molar-refractivity contribution < 1.29 is 8.42 Å². The van der Waals surface area contributed by atoms with E-state index in [2.05, 4.69) is 14.3 Å². The molecule has 2 saturated heterocycles. The first-order valence-corrected chi connectivity index (χ1v) is 13.6. The van der Waals surface area contributed by atoms with Gasteiger partial charge in [-0.2, -0.15) is 20.4 Å². The number of alkyl halides is 1. The van der Waals surface area contributed by atoms with Crippen molar-refractivity contribution in [2.75, 3.05) is 36.0 Å². The van der Waals surface area contributed by atoms with E-state index in [4.69, 9.17) is 23.2 Å². The first-order chi connectivity index (χ1) is 13.8. The molecule has 0 spiro atoms. The molecule has 29 heavy (non-hydrogen) atoms. The van der Waals surface area contributed by atoms with Gasteiger partial charge in [-0.25, -0.2) is 13.4 Å². The van der Waals surface area contributed by atoms with Crippen molar-refractivity contribution >= 4 is 61.7 Å². The van der Waals surface area contributed by atoms with E-state index in [0.717, 1.165) is 16.5 Å². The fourth-order valence-corrected chi connectivity index (χ4v) is 9.25. The van der Waals surface area contributed by atoms with E-state index in [1.165, 1.54) is 11.5 Å². The van der Waals surface area contributed by atoms with Crippen LogP contribution in [0.3, 0.4) is 0 Å². The largest absolute Gasteiger partial charge is 0.344 e. The zero-order valence-corrected chi connectivity index (χ0v) is 19.8. The number of piperazine rings is 1. The molecule has 2 aliphatic rings. The van der Waals surface area contributed by atoms with Crippen LogP contribution >= 0.6 is 46.5 Å². The van der Waals surface area contributed by atoms with Crippen molar-refractivity contribution in [1.82, 2.24) is 13.7 Å². The molecule has 2 fully saturated rings. The van der Waals surface area contributed by atoms with Crippen molar-refractivity contribution in [2.45, 2.75) is 30.0 Å². The lowest BCUT2D eigenvalue weighted by Crippen LogP contribution is -2.57. The Bertz CT molecular complexity index is 954. The minimum Gasteiger partial charge on any atom is -0.344 e. The standard InChI is InChI=1S/C18H22Cl2N4O2S3/c1-12-9-23(6-7-24(12)29(25,26)16-11-27-10-15(16)20)18-21-17(22-28-18)8-13-2-4-14(19)5-3-13/h2-5,12,15-16H,6-11H2,1H3. The average Bonchev–Trinajstić information content (AvgIpc) is 3.32. The number of nitrogens with zero attached hydrogens (tertiary/aromatic N) is 4. The van der Waals surface area contributed by atoms with E-state index in [0.29, 0.717) is 42.6 Å². The molecule has 0 amide bonds. The van der Waals surface area contributed by atoms with Crippen LogP contribution in [0.4, 0.5) is 5.13 Å². The van der Waals surface area contributed by atoms with Crippen LogP contribution in [0.15, 0.2) is 24.3 Å². The minimum absolute atomic E-state index is 0.133. The Morgan fingerprint density at radius 2 is 1.97 bits per heavy atom. The maximum Gasteiger partial charge on any atom is 0.219 e. The van der Waals surface area contributed by atoms with Gasteiger partial charge < -0.3 is 4.90 Å². The Morgan fingerprint density at radius 3 is 2.62 bits per heavy atom. The number of benzene rings is 1. The van der Waals surface area contributed by atoms with Crippen LogP contribution < -0.4 is 4.90 Å². The van der Waals surface area contributed by atoms with Gasteiger partial charge in [0.05, 0.1) is 5.38 Å². The van der Waals surface area contributed by atoms with Crippen LogP contribution in [0.5, 0.6) is 0 Å². The van der Waals surface area contributed by atoms with Gasteiger partial charge in [-0.3, -0.25) is 0 Å². The molecule has 158 valence electrons. The van der Waals surface area contributed by atoms with Crippen LogP contribution in [-0.2, 0) is 16.4 Å². The molecule has 0 saturated carbocycles. The van der Waals surface area contributed by atoms with Crippen LogP contribution in [0, 0.1) is 0 Å². The summed E-state index contributed by atoms with van der Waals surface area (Å²) < 4.78 is 32.2. The normalized spacial score (nSPS) is 26.2. The van der Waals surface area contributed by atoms with Gasteiger partial charge in [-0.15, -0.1) is 11.6 Å². The number of thioether (sulfide) groups is 1. The maximum atomic E-state index is 13.1. The summed E-state index contributed by atoms with van der Waals surface area (Å²) in [5.41, 5.74) is 1.10. The summed E-state index contributed by atoms with van der Waals surface area (Å²) >= 11 is 15.2. The second-order valence-corrected chi connectivity index (χ2v) is 12.2. The van der Waals surface area contributed by atoms with Gasteiger partial charge in [0.1, 0.15) is 11.1 Å². The van der Waals surface area contributed by atoms with E-state index in [1.807, 2.05) is 31.2 Å². The van der Waals surface area contributed by atoms with Crippen molar-refractivity contribution in [3.8, 4) is 0 Å². The van der Waals surface area contributed by atoms with Crippen molar-refractivity contribution in [3.05, 3.63) is 40.7 Å². The third-order valence-corrected chi connectivity index (χ3v) is 11.0. The molecular weight excluding hydrogens is 471 g/mol. The van der Waals surface area contributed by atoms with E-state index in [1.54, 1.807) is 16.1 Å². The van der Waals surface area contributed by atoms with E-state index in [-0.39, 0.29) is 11.4 Å². The molecule has 4 rings (SSSR count). The van der Waals surface area contributed by atoms with Crippen LogP contribution in [-0.4, -0.2) is 69.9 Å². The van der Waals surface area contributed by atoms with Crippen LogP contribution in [0.25, 0.3) is 0 Å². The molecule has 0 aliphatic carbocycles. The summed E-state index contributed by atoms with van der Waals surface area (Å²) in [5.74, 6) is 2.04. The number of halogens is 2. The summed E-state index contributed by atoms with van der Waals surface area (Å²) in [7, 11) is -3.39. The third kappa shape index (κ3) is 4.70. The SMILES string of the molecule is CC1CN(c2nc(Cc3ccc(Cl)cc3)ns2)CCN1S(=O)(=O)C1CSCC1Cl. The Morgan fingerprint density at radius 1 is 1.21 bits per heavy atom. The Kier molecular flexibility index (Phi) is 6.63. The van der Waals surface area contributed by atoms with Crippen molar-refractivity contribution in [2.24, 2.45) is 0 Å². The highest BCUT2D eigenvalue weighted by Crippen LogP contribution is 2.32. The second-order valence-electron chi connectivity index (χ2n) is 7.34. The molecule has 2 aliphatic heterocycles. The predicted molar refractivity (Wildman–Crippen MR) is 122 cm³/mol. The molecular formula is C18H22Cl2N4O2S3. The van der Waals surface area contributed by atoms with Gasteiger partial charge in [0.2, 0.25) is 15.2 Å². The van der Waals surface area contributed by atoms with Gasteiger partial charge in [-0.1, -0.05) is 23.7 Å². The molecule has 2 aromatic rings. The fraction of sp³-hybridized carbons (Fsp3) is 0.556. The number of rotatable bonds is 5. The van der Waals surface area contributed by atoms with Gasteiger partial charge in [-0.05, 0) is 24.6 Å². The lowest BCUT2D eigenvalue weighted by molar-refractivity contribution is 0.304. The summed E-state index contributed by atoms with van der Waals surface area (Å²) in [6, 6.07) is 7.53. The Hall–Kier alpha value is -0.580. The molecule has 3 atom stereocenters. The van der Waals surface area contributed by atoms with Gasteiger partial charge >= 0.3 is 0 Å². The first-order valence-electron chi connectivity index (χ1n) is 9.39. The first kappa shape index (κ1) is 21.6. The number of hydrogen-bond donors (Lipinski definition) is 0. The average molecular weight is 494 g/mol. The third-order valence-electron chi connectivity index (χ3n) is 5.24. The molecule has 3 heterocycles. The van der Waals surface area contributed by atoms with Crippen molar-refractivity contribution in [1.29, 1.82) is 0 Å². The lowest BCUT2D eigenvalue weighted by Gasteiger charge is -2.40. The minimum atomic E-state index is -3.39. The van der Waals surface area contributed by atoms with E-state index >= 15 is 0 Å². The summed E-state index contributed by atoms with van der Waals surface area (Å²) in [5, 5.41) is 0.744. The summed E-state index contributed by atoms with van der Waals surface area (Å²) in [6.45, 7) is 3.60. The number of sulfonamides is 1. The Labute approximate surface area is 189 Å². The van der Waals surface area contributed by atoms with Gasteiger partial charge in [0.25, 0.3) is 0 Å². The molecule has 6 nitrogen and oxygen atoms in total. The molecule has 0 bridgehead atoms.